The largest absolute Gasteiger partial charge is 0.497 e. The van der Waals surface area contributed by atoms with Crippen molar-refractivity contribution in [1.82, 2.24) is 14.3 Å². The Morgan fingerprint density at radius 2 is 1.87 bits per heavy atom. The first-order chi connectivity index (χ1) is 11.1. The molecule has 0 spiro atoms. The van der Waals surface area contributed by atoms with Crippen LogP contribution in [0.3, 0.4) is 0 Å². The molecule has 6 nitrogen and oxygen atoms in total. The lowest BCUT2D eigenvalue weighted by atomic mass is 10.1. The van der Waals surface area contributed by atoms with Gasteiger partial charge >= 0.3 is 0 Å². The number of carbonyl (C=O) groups is 1. The Hall–Kier alpha value is -3.15. The van der Waals surface area contributed by atoms with Crippen LogP contribution in [0.25, 0.3) is 16.9 Å². The Kier molecular flexibility index (Phi) is 3.80. The zero-order valence-corrected chi connectivity index (χ0v) is 12.8. The summed E-state index contributed by atoms with van der Waals surface area (Å²) in [4.78, 5) is 28.8. The van der Waals surface area contributed by atoms with Crippen LogP contribution in [0, 0.1) is 0 Å². The molecule has 2 aromatic heterocycles. The summed E-state index contributed by atoms with van der Waals surface area (Å²) in [7, 11) is 1.58. The fourth-order valence-corrected chi connectivity index (χ4v) is 2.34. The number of benzene rings is 1. The number of rotatable bonds is 3. The highest BCUT2D eigenvalue weighted by Crippen LogP contribution is 2.20. The SMILES string of the molecule is COc1ccc(-c2cn(C(C)=O)n(-c3ccccn3)c2=O)cc1. The monoisotopic (exact) mass is 309 g/mol. The molecule has 3 rings (SSSR count). The van der Waals surface area contributed by atoms with Gasteiger partial charge in [-0.25, -0.2) is 9.67 Å². The molecule has 0 amide bonds. The predicted molar refractivity (Wildman–Crippen MR) is 86.1 cm³/mol. The molecule has 1 aromatic carbocycles. The molecule has 3 aromatic rings. The van der Waals surface area contributed by atoms with Crippen molar-refractivity contribution in [3.8, 4) is 22.7 Å². The highest BCUT2D eigenvalue weighted by Gasteiger charge is 2.17. The average Bonchev–Trinajstić information content (AvgIpc) is 2.93. The number of methoxy groups -OCH3 is 1. The van der Waals surface area contributed by atoms with Gasteiger partial charge in [-0.15, -0.1) is 0 Å². The molecule has 116 valence electrons. The molecule has 2 heterocycles. The van der Waals surface area contributed by atoms with E-state index in [2.05, 4.69) is 4.98 Å². The van der Waals surface area contributed by atoms with Crippen molar-refractivity contribution in [2.75, 3.05) is 7.11 Å². The predicted octanol–water partition coefficient (Wildman–Crippen LogP) is 2.37. The number of pyridine rings is 1. The lowest BCUT2D eigenvalue weighted by molar-refractivity contribution is 0.0911. The molecule has 23 heavy (non-hydrogen) atoms. The van der Waals surface area contributed by atoms with Crippen molar-refractivity contribution in [1.29, 1.82) is 0 Å². The van der Waals surface area contributed by atoms with E-state index >= 15 is 0 Å². The lowest BCUT2D eigenvalue weighted by Crippen LogP contribution is -2.25. The van der Waals surface area contributed by atoms with Crippen molar-refractivity contribution in [2.24, 2.45) is 0 Å². The van der Waals surface area contributed by atoms with Crippen LogP contribution in [-0.4, -0.2) is 27.4 Å². The molecule has 0 fully saturated rings. The lowest BCUT2D eigenvalue weighted by Gasteiger charge is -2.06. The quantitative estimate of drug-likeness (QED) is 0.745. The van der Waals surface area contributed by atoms with Gasteiger partial charge in [-0.1, -0.05) is 18.2 Å². The smallest absolute Gasteiger partial charge is 0.281 e. The molecular weight excluding hydrogens is 294 g/mol. The third kappa shape index (κ3) is 2.66. The normalized spacial score (nSPS) is 10.5. The summed E-state index contributed by atoms with van der Waals surface area (Å²) in [5.74, 6) is 0.824. The van der Waals surface area contributed by atoms with Gasteiger partial charge in [0.25, 0.3) is 5.56 Å². The van der Waals surface area contributed by atoms with Gasteiger partial charge in [-0.2, -0.15) is 4.68 Å². The molecule has 6 heteroatoms. The Morgan fingerprint density at radius 1 is 1.13 bits per heavy atom. The first-order valence-corrected chi connectivity index (χ1v) is 7.03. The molecule has 0 radical (unpaired) electrons. The van der Waals surface area contributed by atoms with Crippen LogP contribution in [0.1, 0.15) is 11.7 Å². The molecule has 0 atom stereocenters. The molecule has 0 aliphatic carbocycles. The van der Waals surface area contributed by atoms with Crippen LogP contribution in [0.2, 0.25) is 0 Å². The van der Waals surface area contributed by atoms with E-state index in [1.807, 2.05) is 0 Å². The van der Waals surface area contributed by atoms with Crippen molar-refractivity contribution >= 4 is 5.91 Å². The van der Waals surface area contributed by atoms with Crippen LogP contribution >= 0.6 is 0 Å². The molecule has 0 bridgehead atoms. The molecule has 0 aliphatic rings. The van der Waals surface area contributed by atoms with Crippen LogP contribution in [0.4, 0.5) is 0 Å². The number of carbonyl (C=O) groups excluding carboxylic acids is 1. The third-order valence-corrected chi connectivity index (χ3v) is 3.48. The van der Waals surface area contributed by atoms with E-state index in [4.69, 9.17) is 4.74 Å². The molecule has 0 saturated carbocycles. The first-order valence-electron chi connectivity index (χ1n) is 7.03. The molecule has 0 aliphatic heterocycles. The van der Waals surface area contributed by atoms with E-state index in [9.17, 15) is 9.59 Å². The molecule has 0 N–H and O–H groups in total. The highest BCUT2D eigenvalue weighted by atomic mass is 16.5. The average molecular weight is 309 g/mol. The van der Waals surface area contributed by atoms with Gasteiger partial charge in [0.1, 0.15) is 5.75 Å². The Balaban J connectivity index is 2.20. The van der Waals surface area contributed by atoms with Crippen molar-refractivity contribution in [3.63, 3.8) is 0 Å². The first kappa shape index (κ1) is 14.8. The Labute approximate surface area is 132 Å². The molecule has 0 unspecified atom stereocenters. The Morgan fingerprint density at radius 3 is 2.43 bits per heavy atom. The summed E-state index contributed by atoms with van der Waals surface area (Å²) in [6.07, 6.45) is 3.10. The number of hydrogen-bond donors (Lipinski definition) is 0. The van der Waals surface area contributed by atoms with Gasteiger partial charge in [-0.05, 0) is 29.8 Å². The third-order valence-electron chi connectivity index (χ3n) is 3.48. The van der Waals surface area contributed by atoms with Crippen molar-refractivity contribution < 1.29 is 9.53 Å². The van der Waals surface area contributed by atoms with E-state index in [-0.39, 0.29) is 11.5 Å². The fourth-order valence-electron chi connectivity index (χ4n) is 2.34. The van der Waals surface area contributed by atoms with Crippen molar-refractivity contribution in [2.45, 2.75) is 6.92 Å². The number of hydrogen-bond acceptors (Lipinski definition) is 4. The van der Waals surface area contributed by atoms with Crippen LogP contribution in [0.5, 0.6) is 5.75 Å². The Bertz CT molecular complexity index is 893. The minimum atomic E-state index is -0.302. The molecule has 0 saturated heterocycles. The second-order valence-corrected chi connectivity index (χ2v) is 4.94. The number of nitrogens with zero attached hydrogens (tertiary/aromatic N) is 3. The van der Waals surface area contributed by atoms with E-state index < -0.39 is 0 Å². The summed E-state index contributed by atoms with van der Waals surface area (Å²) in [6.45, 7) is 1.40. The van der Waals surface area contributed by atoms with Gasteiger partial charge in [0.15, 0.2) is 5.82 Å². The van der Waals surface area contributed by atoms with Gasteiger partial charge in [0, 0.05) is 19.3 Å². The zero-order chi connectivity index (χ0) is 16.4. The second kappa shape index (κ2) is 5.92. The molecular formula is C17H15N3O3. The summed E-state index contributed by atoms with van der Waals surface area (Å²) in [6, 6.07) is 12.3. The van der Waals surface area contributed by atoms with E-state index in [1.54, 1.807) is 55.8 Å². The number of aromatic nitrogens is 3. The number of ether oxygens (including phenoxy) is 1. The van der Waals surface area contributed by atoms with Crippen LogP contribution in [-0.2, 0) is 0 Å². The summed E-state index contributed by atoms with van der Waals surface area (Å²) in [5.41, 5.74) is 0.832. The van der Waals surface area contributed by atoms with Crippen LogP contribution < -0.4 is 10.3 Å². The van der Waals surface area contributed by atoms with E-state index in [1.165, 1.54) is 22.5 Å². The standard InChI is InChI=1S/C17H15N3O3/c1-12(21)19-11-15(13-6-8-14(23-2)9-7-13)17(22)20(19)16-5-3-4-10-18-16/h3-11H,1-2H3. The maximum absolute atomic E-state index is 12.8. The zero-order valence-electron chi connectivity index (χ0n) is 12.8. The fraction of sp³-hybridized carbons (Fsp3) is 0.118. The maximum Gasteiger partial charge on any atom is 0.281 e. The van der Waals surface area contributed by atoms with Crippen LogP contribution in [0.15, 0.2) is 59.7 Å². The minimum Gasteiger partial charge on any atom is -0.497 e. The summed E-state index contributed by atoms with van der Waals surface area (Å²) < 4.78 is 7.65. The second-order valence-electron chi connectivity index (χ2n) is 4.94. The topological polar surface area (TPSA) is 66.1 Å². The highest BCUT2D eigenvalue weighted by molar-refractivity contribution is 5.77. The maximum atomic E-state index is 12.8. The van der Waals surface area contributed by atoms with Crippen molar-refractivity contribution in [3.05, 3.63) is 65.2 Å². The van der Waals surface area contributed by atoms with Gasteiger partial charge in [-0.3, -0.25) is 9.59 Å². The minimum absolute atomic E-state index is 0.271. The van der Waals surface area contributed by atoms with Gasteiger partial charge in [0.2, 0.25) is 5.91 Å². The summed E-state index contributed by atoms with van der Waals surface area (Å²) >= 11 is 0. The van der Waals surface area contributed by atoms with E-state index in [0.29, 0.717) is 22.7 Å². The van der Waals surface area contributed by atoms with E-state index in [0.717, 1.165) is 0 Å². The van der Waals surface area contributed by atoms with Gasteiger partial charge in [0.05, 0.1) is 12.7 Å². The van der Waals surface area contributed by atoms with Gasteiger partial charge < -0.3 is 4.74 Å². The summed E-state index contributed by atoms with van der Waals surface area (Å²) in [5, 5.41) is 0.